The number of hydrogen-bond acceptors (Lipinski definition) is 2. The summed E-state index contributed by atoms with van der Waals surface area (Å²) < 4.78 is 13.1. The third-order valence-electron chi connectivity index (χ3n) is 4.28. The van der Waals surface area contributed by atoms with Crippen molar-refractivity contribution >= 4 is 11.6 Å². The lowest BCUT2D eigenvalue weighted by atomic mass is 10.0. The summed E-state index contributed by atoms with van der Waals surface area (Å²) in [6, 6.07) is 15.2. The molecule has 1 aliphatic rings. The second-order valence-electron chi connectivity index (χ2n) is 6.06. The SMILES string of the molecule is CC(=O)Nc1ccc(CN2CCC[C@@H]2c2ccc(F)cc2)cc1. The summed E-state index contributed by atoms with van der Waals surface area (Å²) >= 11 is 0. The number of nitrogens with one attached hydrogen (secondary N) is 1. The van der Waals surface area contributed by atoms with Gasteiger partial charge in [-0.2, -0.15) is 0 Å². The number of likely N-dealkylation sites (tertiary alicyclic amines) is 1. The van der Waals surface area contributed by atoms with E-state index in [4.69, 9.17) is 0 Å². The second kappa shape index (κ2) is 6.92. The van der Waals surface area contributed by atoms with Crippen molar-refractivity contribution in [2.24, 2.45) is 0 Å². The van der Waals surface area contributed by atoms with E-state index in [0.29, 0.717) is 6.04 Å². The highest BCUT2D eigenvalue weighted by atomic mass is 19.1. The molecule has 1 aliphatic heterocycles. The highest BCUT2D eigenvalue weighted by Gasteiger charge is 2.25. The molecule has 2 aromatic rings. The number of halogens is 1. The topological polar surface area (TPSA) is 32.3 Å². The van der Waals surface area contributed by atoms with Crippen LogP contribution >= 0.6 is 0 Å². The van der Waals surface area contributed by atoms with Crippen LogP contribution in [0.25, 0.3) is 0 Å². The van der Waals surface area contributed by atoms with Gasteiger partial charge in [0.2, 0.25) is 5.91 Å². The van der Waals surface area contributed by atoms with Gasteiger partial charge in [-0.05, 0) is 54.8 Å². The predicted octanol–water partition coefficient (Wildman–Crippen LogP) is 4.12. The van der Waals surface area contributed by atoms with Crippen molar-refractivity contribution in [3.05, 3.63) is 65.5 Å². The molecule has 1 N–H and O–H groups in total. The molecule has 4 heteroatoms. The van der Waals surface area contributed by atoms with Crippen LogP contribution < -0.4 is 5.32 Å². The number of amides is 1. The molecule has 1 fully saturated rings. The summed E-state index contributed by atoms with van der Waals surface area (Å²) in [5.74, 6) is -0.250. The smallest absolute Gasteiger partial charge is 0.221 e. The molecule has 23 heavy (non-hydrogen) atoms. The summed E-state index contributed by atoms with van der Waals surface area (Å²) in [5.41, 5.74) is 3.21. The third kappa shape index (κ3) is 3.96. The Bertz CT molecular complexity index is 667. The Morgan fingerprint density at radius 2 is 1.87 bits per heavy atom. The number of carbonyl (C=O) groups is 1. The van der Waals surface area contributed by atoms with Gasteiger partial charge < -0.3 is 5.32 Å². The zero-order valence-electron chi connectivity index (χ0n) is 13.3. The Labute approximate surface area is 136 Å². The number of hydrogen-bond donors (Lipinski definition) is 1. The first-order valence-electron chi connectivity index (χ1n) is 7.98. The van der Waals surface area contributed by atoms with Gasteiger partial charge in [-0.3, -0.25) is 9.69 Å². The van der Waals surface area contributed by atoms with Crippen molar-refractivity contribution in [1.82, 2.24) is 4.90 Å². The molecule has 2 aromatic carbocycles. The van der Waals surface area contributed by atoms with Crippen molar-refractivity contribution in [2.75, 3.05) is 11.9 Å². The summed E-state index contributed by atoms with van der Waals surface area (Å²) in [6.07, 6.45) is 2.27. The molecule has 1 heterocycles. The first kappa shape index (κ1) is 15.7. The normalized spacial score (nSPS) is 18.1. The van der Waals surface area contributed by atoms with Gasteiger partial charge in [-0.1, -0.05) is 24.3 Å². The minimum atomic E-state index is -0.188. The van der Waals surface area contributed by atoms with Crippen LogP contribution in [0.2, 0.25) is 0 Å². The maximum Gasteiger partial charge on any atom is 0.221 e. The minimum Gasteiger partial charge on any atom is -0.326 e. The van der Waals surface area contributed by atoms with Crippen molar-refractivity contribution in [2.45, 2.75) is 32.4 Å². The largest absolute Gasteiger partial charge is 0.326 e. The summed E-state index contributed by atoms with van der Waals surface area (Å²) in [4.78, 5) is 13.5. The second-order valence-corrected chi connectivity index (χ2v) is 6.06. The van der Waals surface area contributed by atoms with Crippen molar-refractivity contribution in [3.63, 3.8) is 0 Å². The third-order valence-corrected chi connectivity index (χ3v) is 4.28. The monoisotopic (exact) mass is 312 g/mol. The molecule has 0 aromatic heterocycles. The molecule has 3 nitrogen and oxygen atoms in total. The average molecular weight is 312 g/mol. The van der Waals surface area contributed by atoms with Crippen LogP contribution in [-0.2, 0) is 11.3 Å². The quantitative estimate of drug-likeness (QED) is 0.921. The van der Waals surface area contributed by atoms with E-state index in [1.54, 1.807) is 0 Å². The zero-order chi connectivity index (χ0) is 16.2. The summed E-state index contributed by atoms with van der Waals surface area (Å²) in [7, 11) is 0. The number of benzene rings is 2. The van der Waals surface area contributed by atoms with Gasteiger partial charge in [0.1, 0.15) is 5.82 Å². The molecule has 0 aliphatic carbocycles. The lowest BCUT2D eigenvalue weighted by Crippen LogP contribution is -2.22. The first-order chi connectivity index (χ1) is 11.1. The van der Waals surface area contributed by atoms with Crippen molar-refractivity contribution in [3.8, 4) is 0 Å². The molecule has 1 atom stereocenters. The van der Waals surface area contributed by atoms with Crippen LogP contribution in [0.4, 0.5) is 10.1 Å². The highest BCUT2D eigenvalue weighted by Crippen LogP contribution is 2.33. The van der Waals surface area contributed by atoms with E-state index in [9.17, 15) is 9.18 Å². The molecular formula is C19H21FN2O. The van der Waals surface area contributed by atoms with Gasteiger partial charge in [0.15, 0.2) is 0 Å². The minimum absolute atomic E-state index is 0.0614. The fourth-order valence-corrected chi connectivity index (χ4v) is 3.21. The Balaban J connectivity index is 1.68. The Morgan fingerprint density at radius 1 is 1.17 bits per heavy atom. The average Bonchev–Trinajstić information content (AvgIpc) is 2.98. The van der Waals surface area contributed by atoms with E-state index >= 15 is 0 Å². The van der Waals surface area contributed by atoms with Crippen LogP contribution in [0, 0.1) is 5.82 Å². The molecular weight excluding hydrogens is 291 g/mol. The lowest BCUT2D eigenvalue weighted by Gasteiger charge is -2.25. The molecule has 120 valence electrons. The van der Waals surface area contributed by atoms with E-state index < -0.39 is 0 Å². The lowest BCUT2D eigenvalue weighted by molar-refractivity contribution is -0.114. The van der Waals surface area contributed by atoms with Crippen LogP contribution in [0.5, 0.6) is 0 Å². The summed E-state index contributed by atoms with van der Waals surface area (Å²) in [6.45, 7) is 3.42. The fraction of sp³-hybridized carbons (Fsp3) is 0.316. The molecule has 1 saturated heterocycles. The van der Waals surface area contributed by atoms with E-state index in [0.717, 1.165) is 31.6 Å². The fourth-order valence-electron chi connectivity index (χ4n) is 3.21. The molecule has 1 amide bonds. The van der Waals surface area contributed by atoms with E-state index in [-0.39, 0.29) is 11.7 Å². The maximum absolute atomic E-state index is 13.1. The maximum atomic E-state index is 13.1. The van der Waals surface area contributed by atoms with Gasteiger partial charge in [-0.15, -0.1) is 0 Å². The van der Waals surface area contributed by atoms with Crippen molar-refractivity contribution < 1.29 is 9.18 Å². The molecule has 3 rings (SSSR count). The van der Waals surface area contributed by atoms with E-state index in [2.05, 4.69) is 10.2 Å². The van der Waals surface area contributed by atoms with Crippen molar-refractivity contribution in [1.29, 1.82) is 0 Å². The van der Waals surface area contributed by atoms with Gasteiger partial charge in [-0.25, -0.2) is 4.39 Å². The number of nitrogens with zero attached hydrogens (tertiary/aromatic N) is 1. The first-order valence-corrected chi connectivity index (χ1v) is 7.98. The van der Waals surface area contributed by atoms with Crippen LogP contribution in [0.15, 0.2) is 48.5 Å². The van der Waals surface area contributed by atoms with Gasteiger partial charge in [0.05, 0.1) is 0 Å². The Morgan fingerprint density at radius 3 is 2.52 bits per heavy atom. The highest BCUT2D eigenvalue weighted by molar-refractivity contribution is 5.88. The van der Waals surface area contributed by atoms with Crippen LogP contribution in [0.3, 0.4) is 0 Å². The Hall–Kier alpha value is -2.20. The van der Waals surface area contributed by atoms with Gasteiger partial charge in [0, 0.05) is 25.2 Å². The number of rotatable bonds is 4. The number of carbonyl (C=O) groups excluding carboxylic acids is 1. The van der Waals surface area contributed by atoms with Gasteiger partial charge in [0.25, 0.3) is 0 Å². The van der Waals surface area contributed by atoms with Crippen LogP contribution in [-0.4, -0.2) is 17.4 Å². The molecule has 0 radical (unpaired) electrons. The molecule has 0 unspecified atom stereocenters. The zero-order valence-corrected chi connectivity index (χ0v) is 13.3. The van der Waals surface area contributed by atoms with Gasteiger partial charge >= 0.3 is 0 Å². The predicted molar refractivity (Wildman–Crippen MR) is 89.5 cm³/mol. The molecule has 0 spiro atoms. The number of anilines is 1. The van der Waals surface area contributed by atoms with Crippen LogP contribution in [0.1, 0.15) is 36.9 Å². The van der Waals surface area contributed by atoms with E-state index in [1.165, 1.54) is 30.2 Å². The molecule has 0 saturated carbocycles. The molecule has 0 bridgehead atoms. The van der Waals surface area contributed by atoms with E-state index in [1.807, 2.05) is 36.4 Å². The summed E-state index contributed by atoms with van der Waals surface area (Å²) in [5, 5.41) is 2.78. The Kier molecular flexibility index (Phi) is 4.72. The standard InChI is InChI=1S/C19H21FN2O/c1-14(23)21-18-10-4-15(5-11-18)13-22-12-2-3-19(22)16-6-8-17(20)9-7-16/h4-11,19H,2-3,12-13H2,1H3,(H,21,23)/t19-/m1/s1.